The van der Waals surface area contributed by atoms with E-state index in [-0.39, 0.29) is 12.4 Å². The average molecular weight is 269 g/mol. The van der Waals surface area contributed by atoms with Gasteiger partial charge in [-0.05, 0) is 12.1 Å². The highest BCUT2D eigenvalue weighted by molar-refractivity contribution is 5.83. The van der Waals surface area contributed by atoms with Crippen LogP contribution in [0, 0.1) is 23.0 Å². The van der Waals surface area contributed by atoms with E-state index in [4.69, 9.17) is 5.26 Å². The first kappa shape index (κ1) is 12.3. The zero-order valence-electron chi connectivity index (χ0n) is 10.3. The number of nitriles is 1. The van der Waals surface area contributed by atoms with Crippen LogP contribution in [0.25, 0.3) is 11.0 Å². The smallest absolute Gasteiger partial charge is 0.142 e. The SMILES string of the molecule is N#Cc1cn(Cc2ccccc2F)c2ncc(F)cc12. The average Bonchev–Trinajstić information content (AvgIpc) is 2.78. The molecule has 3 nitrogen and oxygen atoms in total. The predicted molar refractivity (Wildman–Crippen MR) is 69.9 cm³/mol. The van der Waals surface area contributed by atoms with Crippen LogP contribution >= 0.6 is 0 Å². The van der Waals surface area contributed by atoms with Crippen molar-refractivity contribution in [1.29, 1.82) is 5.26 Å². The maximum atomic E-state index is 13.7. The number of hydrogen-bond donors (Lipinski definition) is 0. The maximum absolute atomic E-state index is 13.7. The lowest BCUT2D eigenvalue weighted by Gasteiger charge is -2.05. The van der Waals surface area contributed by atoms with E-state index in [1.165, 1.54) is 12.1 Å². The molecule has 0 amide bonds. The highest BCUT2D eigenvalue weighted by Gasteiger charge is 2.12. The molecule has 0 bridgehead atoms. The molecular formula is C15H9F2N3. The normalized spacial score (nSPS) is 10.7. The molecular weight excluding hydrogens is 260 g/mol. The Kier molecular flexibility index (Phi) is 2.92. The Morgan fingerprint density at radius 1 is 1.25 bits per heavy atom. The van der Waals surface area contributed by atoms with Crippen molar-refractivity contribution in [2.45, 2.75) is 6.54 Å². The fourth-order valence-corrected chi connectivity index (χ4v) is 2.17. The number of aromatic nitrogens is 2. The van der Waals surface area contributed by atoms with E-state index in [1.54, 1.807) is 29.0 Å². The minimum atomic E-state index is -0.502. The lowest BCUT2D eigenvalue weighted by molar-refractivity contribution is 0.601. The summed E-state index contributed by atoms with van der Waals surface area (Å²) < 4.78 is 28.5. The van der Waals surface area contributed by atoms with Crippen LogP contribution in [0.2, 0.25) is 0 Å². The molecule has 20 heavy (non-hydrogen) atoms. The van der Waals surface area contributed by atoms with Gasteiger partial charge in [0.25, 0.3) is 0 Å². The van der Waals surface area contributed by atoms with Gasteiger partial charge in [0.1, 0.15) is 23.4 Å². The molecule has 0 aliphatic carbocycles. The second-order valence-electron chi connectivity index (χ2n) is 4.40. The van der Waals surface area contributed by atoms with Gasteiger partial charge in [0.05, 0.1) is 18.3 Å². The van der Waals surface area contributed by atoms with Gasteiger partial charge < -0.3 is 4.57 Å². The molecule has 0 fully saturated rings. The van der Waals surface area contributed by atoms with Gasteiger partial charge in [-0.1, -0.05) is 18.2 Å². The third-order valence-electron chi connectivity index (χ3n) is 3.10. The molecule has 3 aromatic rings. The topological polar surface area (TPSA) is 41.6 Å². The Labute approximate surface area is 113 Å². The van der Waals surface area contributed by atoms with Crippen LogP contribution in [0.5, 0.6) is 0 Å². The molecule has 98 valence electrons. The van der Waals surface area contributed by atoms with E-state index < -0.39 is 5.82 Å². The number of halogens is 2. The van der Waals surface area contributed by atoms with Crippen LogP contribution in [-0.2, 0) is 6.54 Å². The highest BCUT2D eigenvalue weighted by atomic mass is 19.1. The summed E-state index contributed by atoms with van der Waals surface area (Å²) in [4.78, 5) is 3.99. The van der Waals surface area contributed by atoms with Gasteiger partial charge in [-0.2, -0.15) is 5.26 Å². The van der Waals surface area contributed by atoms with Crippen LogP contribution in [0.1, 0.15) is 11.1 Å². The first-order valence-electron chi connectivity index (χ1n) is 5.97. The van der Waals surface area contributed by atoms with Crippen LogP contribution in [0.15, 0.2) is 42.7 Å². The van der Waals surface area contributed by atoms with Crippen molar-refractivity contribution < 1.29 is 8.78 Å². The van der Waals surface area contributed by atoms with Crippen molar-refractivity contribution in [3.05, 3.63) is 65.5 Å². The van der Waals surface area contributed by atoms with E-state index in [2.05, 4.69) is 4.98 Å². The standard InChI is InChI=1S/C15H9F2N3/c16-12-5-13-11(6-18)9-20(15(13)19-7-12)8-10-3-1-2-4-14(10)17/h1-5,7,9H,8H2. The van der Waals surface area contributed by atoms with Crippen molar-refractivity contribution in [1.82, 2.24) is 9.55 Å². The first-order chi connectivity index (χ1) is 9.69. The van der Waals surface area contributed by atoms with Crippen molar-refractivity contribution in [2.75, 3.05) is 0 Å². The van der Waals surface area contributed by atoms with Gasteiger partial charge in [-0.15, -0.1) is 0 Å². The fraction of sp³-hybridized carbons (Fsp3) is 0.0667. The van der Waals surface area contributed by atoms with E-state index in [9.17, 15) is 8.78 Å². The largest absolute Gasteiger partial charge is 0.327 e. The molecule has 2 heterocycles. The van der Waals surface area contributed by atoms with Gasteiger partial charge in [0.2, 0.25) is 0 Å². The Hall–Kier alpha value is -2.74. The Balaban J connectivity index is 2.13. The van der Waals surface area contributed by atoms with Crippen molar-refractivity contribution >= 4 is 11.0 Å². The molecule has 5 heteroatoms. The Morgan fingerprint density at radius 3 is 2.80 bits per heavy atom. The van der Waals surface area contributed by atoms with Crippen molar-refractivity contribution in [3.63, 3.8) is 0 Å². The molecule has 0 N–H and O–H groups in total. The molecule has 0 aliphatic rings. The number of benzene rings is 1. The van der Waals surface area contributed by atoms with Crippen LogP contribution in [-0.4, -0.2) is 9.55 Å². The van der Waals surface area contributed by atoms with Crippen molar-refractivity contribution in [2.24, 2.45) is 0 Å². The van der Waals surface area contributed by atoms with Crippen LogP contribution < -0.4 is 0 Å². The number of nitrogens with zero attached hydrogens (tertiary/aromatic N) is 3. The molecule has 0 aliphatic heterocycles. The molecule has 1 aromatic carbocycles. The fourth-order valence-electron chi connectivity index (χ4n) is 2.17. The number of rotatable bonds is 2. The summed E-state index contributed by atoms with van der Waals surface area (Å²) in [7, 11) is 0. The first-order valence-corrected chi connectivity index (χ1v) is 5.97. The van der Waals surface area contributed by atoms with E-state index in [0.29, 0.717) is 22.2 Å². The molecule has 0 unspecified atom stereocenters. The maximum Gasteiger partial charge on any atom is 0.142 e. The summed E-state index contributed by atoms with van der Waals surface area (Å²) in [5, 5.41) is 9.51. The lowest BCUT2D eigenvalue weighted by atomic mass is 10.2. The minimum absolute atomic E-state index is 0.240. The van der Waals surface area contributed by atoms with Gasteiger partial charge >= 0.3 is 0 Å². The van der Waals surface area contributed by atoms with E-state index in [0.717, 1.165) is 6.20 Å². The summed E-state index contributed by atoms with van der Waals surface area (Å²) in [5.74, 6) is -0.826. The molecule has 0 atom stereocenters. The molecule has 3 rings (SSSR count). The molecule has 0 radical (unpaired) electrons. The Morgan fingerprint density at radius 2 is 2.05 bits per heavy atom. The second kappa shape index (κ2) is 4.74. The third-order valence-corrected chi connectivity index (χ3v) is 3.10. The monoisotopic (exact) mass is 269 g/mol. The van der Waals surface area contributed by atoms with Gasteiger partial charge in [0.15, 0.2) is 0 Å². The summed E-state index contributed by atoms with van der Waals surface area (Å²) in [6, 6.07) is 9.65. The molecule has 0 spiro atoms. The summed E-state index contributed by atoms with van der Waals surface area (Å²) in [6.45, 7) is 0.240. The molecule has 0 saturated carbocycles. The summed E-state index contributed by atoms with van der Waals surface area (Å²) in [6.07, 6.45) is 2.64. The quantitative estimate of drug-likeness (QED) is 0.716. The predicted octanol–water partition coefficient (Wildman–Crippen LogP) is 3.23. The van der Waals surface area contributed by atoms with Gasteiger partial charge in [-0.25, -0.2) is 13.8 Å². The van der Waals surface area contributed by atoms with Crippen molar-refractivity contribution in [3.8, 4) is 6.07 Å². The second-order valence-corrected chi connectivity index (χ2v) is 4.40. The van der Waals surface area contributed by atoms with E-state index in [1.807, 2.05) is 6.07 Å². The van der Waals surface area contributed by atoms with Crippen LogP contribution in [0.4, 0.5) is 8.78 Å². The molecule has 2 aromatic heterocycles. The number of hydrogen-bond acceptors (Lipinski definition) is 2. The highest BCUT2D eigenvalue weighted by Crippen LogP contribution is 2.21. The summed E-state index contributed by atoms with van der Waals surface area (Å²) >= 11 is 0. The van der Waals surface area contributed by atoms with Crippen LogP contribution in [0.3, 0.4) is 0 Å². The summed E-state index contributed by atoms with van der Waals surface area (Å²) in [5.41, 5.74) is 1.27. The minimum Gasteiger partial charge on any atom is -0.327 e. The zero-order valence-corrected chi connectivity index (χ0v) is 10.3. The number of pyridine rings is 1. The van der Waals surface area contributed by atoms with Gasteiger partial charge in [-0.3, -0.25) is 0 Å². The lowest BCUT2D eigenvalue weighted by Crippen LogP contribution is -2.01. The Bertz CT molecular complexity index is 831. The number of fused-ring (bicyclic) bond motifs is 1. The zero-order chi connectivity index (χ0) is 14.1. The third kappa shape index (κ3) is 2.01. The van der Waals surface area contributed by atoms with Gasteiger partial charge in [0, 0.05) is 17.1 Å². The molecule has 0 saturated heterocycles. The van der Waals surface area contributed by atoms with E-state index >= 15 is 0 Å².